The van der Waals surface area contributed by atoms with Crippen LogP contribution in [0.1, 0.15) is 28.6 Å². The van der Waals surface area contributed by atoms with Gasteiger partial charge >= 0.3 is 6.18 Å². The molecule has 0 radical (unpaired) electrons. The summed E-state index contributed by atoms with van der Waals surface area (Å²) in [4.78, 5) is 3.28. The molecule has 1 N–H and O–H groups in total. The van der Waals surface area contributed by atoms with E-state index in [4.69, 9.17) is 11.6 Å². The molecule has 0 aliphatic heterocycles. The highest BCUT2D eigenvalue weighted by Gasteiger charge is 2.33. The van der Waals surface area contributed by atoms with Crippen LogP contribution in [0.15, 0.2) is 18.3 Å². The summed E-state index contributed by atoms with van der Waals surface area (Å²) in [5.41, 5.74) is 0.0454. The predicted molar refractivity (Wildman–Crippen MR) is 66.3 cm³/mol. The van der Waals surface area contributed by atoms with E-state index in [1.807, 2.05) is 0 Å². The molecule has 2 aromatic heterocycles. The molecule has 2 aromatic rings. The van der Waals surface area contributed by atoms with E-state index in [1.165, 1.54) is 4.68 Å². The van der Waals surface area contributed by atoms with Gasteiger partial charge in [-0.3, -0.25) is 4.68 Å². The smallest absolute Gasteiger partial charge is 0.383 e. The normalized spacial score (nSPS) is 13.6. The van der Waals surface area contributed by atoms with E-state index in [1.54, 1.807) is 20.2 Å². The van der Waals surface area contributed by atoms with Gasteiger partial charge in [0.25, 0.3) is 0 Å². The summed E-state index contributed by atoms with van der Waals surface area (Å²) in [6.07, 6.45) is -4.17. The molecule has 0 aliphatic rings. The molecule has 8 heteroatoms. The number of aryl methyl sites for hydroxylation is 2. The zero-order chi connectivity index (χ0) is 15.1. The van der Waals surface area contributed by atoms with E-state index in [2.05, 4.69) is 10.1 Å². The monoisotopic (exact) mass is 305 g/mol. The van der Waals surface area contributed by atoms with Crippen LogP contribution in [0.5, 0.6) is 0 Å². The zero-order valence-corrected chi connectivity index (χ0v) is 11.4. The number of hydrogen-bond acceptors (Lipinski definition) is 3. The van der Waals surface area contributed by atoms with E-state index < -0.39 is 18.0 Å². The minimum Gasteiger partial charge on any atom is -0.383 e. The van der Waals surface area contributed by atoms with Crippen LogP contribution in [-0.4, -0.2) is 19.9 Å². The first-order chi connectivity index (χ1) is 9.20. The van der Waals surface area contributed by atoms with Crippen LogP contribution in [-0.2, 0) is 13.2 Å². The number of aliphatic hydroxyl groups is 1. The summed E-state index contributed by atoms with van der Waals surface area (Å²) < 4.78 is 39.0. The lowest BCUT2D eigenvalue weighted by molar-refractivity contribution is -0.141. The Kier molecular flexibility index (Phi) is 3.75. The molecule has 0 spiro atoms. The fourth-order valence-electron chi connectivity index (χ4n) is 1.86. The molecule has 20 heavy (non-hydrogen) atoms. The van der Waals surface area contributed by atoms with Gasteiger partial charge in [-0.15, -0.1) is 0 Å². The summed E-state index contributed by atoms with van der Waals surface area (Å²) >= 11 is 5.74. The van der Waals surface area contributed by atoms with Crippen molar-refractivity contribution in [2.45, 2.75) is 19.2 Å². The zero-order valence-electron chi connectivity index (χ0n) is 10.6. The van der Waals surface area contributed by atoms with Crippen LogP contribution in [0.4, 0.5) is 13.2 Å². The van der Waals surface area contributed by atoms with Gasteiger partial charge in [0.2, 0.25) is 0 Å². The van der Waals surface area contributed by atoms with Crippen LogP contribution in [0.3, 0.4) is 0 Å². The van der Waals surface area contributed by atoms with E-state index in [0.717, 1.165) is 12.1 Å². The lowest BCUT2D eigenvalue weighted by atomic mass is 10.0. The van der Waals surface area contributed by atoms with Crippen LogP contribution >= 0.6 is 11.6 Å². The molecule has 0 aromatic carbocycles. The largest absolute Gasteiger partial charge is 0.433 e. The van der Waals surface area contributed by atoms with Crippen LogP contribution in [0.2, 0.25) is 5.15 Å². The van der Waals surface area contributed by atoms with Crippen LogP contribution < -0.4 is 0 Å². The number of pyridine rings is 1. The first kappa shape index (κ1) is 14.8. The molecule has 0 saturated heterocycles. The Bertz CT molecular complexity index is 639. The number of alkyl halides is 3. The predicted octanol–water partition coefficient (Wildman–Crippen LogP) is 2.88. The number of halogens is 4. The highest BCUT2D eigenvalue weighted by molar-refractivity contribution is 6.30. The lowest BCUT2D eigenvalue weighted by Crippen LogP contribution is -2.10. The third-order valence-electron chi connectivity index (χ3n) is 2.81. The molecule has 4 nitrogen and oxygen atoms in total. The van der Waals surface area contributed by atoms with Gasteiger partial charge in [0.1, 0.15) is 17.0 Å². The Morgan fingerprint density at radius 3 is 2.40 bits per heavy atom. The number of rotatable bonds is 2. The minimum absolute atomic E-state index is 0.107. The summed E-state index contributed by atoms with van der Waals surface area (Å²) in [5, 5.41) is 13.9. The van der Waals surface area contributed by atoms with Crippen LogP contribution in [0, 0.1) is 6.92 Å². The SMILES string of the molecule is Cc1nn(C)cc1C(O)c1ccc(C(F)(F)F)nc1Cl. The molecule has 1 unspecified atom stereocenters. The van der Waals surface area contributed by atoms with Crippen molar-refractivity contribution in [1.29, 1.82) is 0 Å². The molecule has 108 valence electrons. The van der Waals surface area contributed by atoms with Crippen molar-refractivity contribution in [3.63, 3.8) is 0 Å². The fraction of sp³-hybridized carbons (Fsp3) is 0.333. The quantitative estimate of drug-likeness (QED) is 0.868. The summed E-state index contributed by atoms with van der Waals surface area (Å²) in [7, 11) is 1.68. The number of aliphatic hydroxyl groups excluding tert-OH is 1. The Morgan fingerprint density at radius 1 is 1.30 bits per heavy atom. The number of hydrogen-bond donors (Lipinski definition) is 1. The molecule has 2 heterocycles. The molecule has 0 fully saturated rings. The van der Waals surface area contributed by atoms with Crippen molar-refractivity contribution in [2.75, 3.05) is 0 Å². The molecule has 1 atom stereocenters. The van der Waals surface area contributed by atoms with Gasteiger partial charge in [0, 0.05) is 24.4 Å². The van der Waals surface area contributed by atoms with Crippen molar-refractivity contribution in [3.05, 3.63) is 46.0 Å². The molecule has 0 bridgehead atoms. The van der Waals surface area contributed by atoms with E-state index in [-0.39, 0.29) is 10.7 Å². The topological polar surface area (TPSA) is 50.9 Å². The fourth-order valence-corrected chi connectivity index (χ4v) is 2.12. The van der Waals surface area contributed by atoms with Gasteiger partial charge in [0.15, 0.2) is 0 Å². The highest BCUT2D eigenvalue weighted by Crippen LogP contribution is 2.33. The maximum atomic E-state index is 12.5. The summed E-state index contributed by atoms with van der Waals surface area (Å²) in [5.74, 6) is 0. The van der Waals surface area contributed by atoms with Crippen molar-refractivity contribution in [2.24, 2.45) is 7.05 Å². The van der Waals surface area contributed by atoms with Gasteiger partial charge in [-0.2, -0.15) is 18.3 Å². The van der Waals surface area contributed by atoms with Crippen LogP contribution in [0.25, 0.3) is 0 Å². The molecule has 0 amide bonds. The molecule has 0 saturated carbocycles. The van der Waals surface area contributed by atoms with Crippen molar-refractivity contribution in [3.8, 4) is 0 Å². The maximum Gasteiger partial charge on any atom is 0.433 e. The minimum atomic E-state index is -4.57. The number of aromatic nitrogens is 3. The molecular formula is C12H11ClF3N3O. The average Bonchev–Trinajstić information content (AvgIpc) is 2.66. The molecule has 0 aliphatic carbocycles. The summed E-state index contributed by atoms with van der Waals surface area (Å²) in [6.45, 7) is 1.68. The van der Waals surface area contributed by atoms with Gasteiger partial charge in [-0.05, 0) is 13.0 Å². The summed E-state index contributed by atoms with van der Waals surface area (Å²) in [6, 6.07) is 1.91. The maximum absolute atomic E-state index is 12.5. The van der Waals surface area contributed by atoms with E-state index in [0.29, 0.717) is 11.3 Å². The second kappa shape index (κ2) is 5.06. The van der Waals surface area contributed by atoms with Gasteiger partial charge in [-0.1, -0.05) is 17.7 Å². The first-order valence-electron chi connectivity index (χ1n) is 5.62. The van der Waals surface area contributed by atoms with Gasteiger partial charge < -0.3 is 5.11 Å². The van der Waals surface area contributed by atoms with Crippen molar-refractivity contribution < 1.29 is 18.3 Å². The van der Waals surface area contributed by atoms with Gasteiger partial charge in [-0.25, -0.2) is 4.98 Å². The van der Waals surface area contributed by atoms with Crippen molar-refractivity contribution in [1.82, 2.24) is 14.8 Å². The number of nitrogens with zero attached hydrogens (tertiary/aromatic N) is 3. The van der Waals surface area contributed by atoms with E-state index in [9.17, 15) is 18.3 Å². The molecular weight excluding hydrogens is 295 g/mol. The second-order valence-corrected chi connectivity index (χ2v) is 4.68. The Labute approximate surface area is 117 Å². The third kappa shape index (κ3) is 2.78. The Balaban J connectivity index is 2.41. The standard InChI is InChI=1S/C12H11ClF3N3O/c1-6-8(5-19(2)18-6)10(20)7-3-4-9(12(14,15)16)17-11(7)13/h3-5,10,20H,1-2H3. The highest BCUT2D eigenvalue weighted by atomic mass is 35.5. The first-order valence-corrected chi connectivity index (χ1v) is 6.00. The Hall–Kier alpha value is -1.60. The second-order valence-electron chi connectivity index (χ2n) is 4.32. The Morgan fingerprint density at radius 2 is 1.95 bits per heavy atom. The molecule has 2 rings (SSSR count). The van der Waals surface area contributed by atoms with Gasteiger partial charge in [0.05, 0.1) is 5.69 Å². The lowest BCUT2D eigenvalue weighted by Gasteiger charge is -2.13. The average molecular weight is 306 g/mol. The third-order valence-corrected chi connectivity index (χ3v) is 3.11. The van der Waals surface area contributed by atoms with Crippen molar-refractivity contribution >= 4 is 11.6 Å². The van der Waals surface area contributed by atoms with E-state index >= 15 is 0 Å².